The number of carbonyl (C=O) groups is 2. The number of methoxy groups -OCH3 is 1. The van der Waals surface area contributed by atoms with Crippen molar-refractivity contribution in [2.24, 2.45) is 5.10 Å². The Hall–Kier alpha value is -4.85. The number of anilines is 1. The molecule has 1 aliphatic heterocycles. The molecule has 2 amide bonds. The summed E-state index contributed by atoms with van der Waals surface area (Å²) in [6.07, 6.45) is 2.03. The molecule has 8 heteroatoms. The van der Waals surface area contributed by atoms with Crippen LogP contribution in [0.5, 0.6) is 11.5 Å². The van der Waals surface area contributed by atoms with Gasteiger partial charge in [-0.1, -0.05) is 42.5 Å². The summed E-state index contributed by atoms with van der Waals surface area (Å²) in [5.41, 5.74) is 3.35. The first kappa shape index (κ1) is 23.9. The smallest absolute Gasteiger partial charge is 0.291 e. The molecule has 0 spiro atoms. The number of nitrogens with one attached hydrogen (secondary N) is 1. The van der Waals surface area contributed by atoms with E-state index in [1.165, 1.54) is 11.3 Å². The Balaban J connectivity index is 1.27. The van der Waals surface area contributed by atoms with Crippen LogP contribution in [0.4, 0.5) is 5.69 Å². The summed E-state index contributed by atoms with van der Waals surface area (Å²) in [7, 11) is 1.62. The molecule has 1 aromatic heterocycles. The Morgan fingerprint density at radius 1 is 0.946 bits per heavy atom. The van der Waals surface area contributed by atoms with Gasteiger partial charge in [-0.25, -0.2) is 5.01 Å². The van der Waals surface area contributed by atoms with E-state index in [0.29, 0.717) is 17.9 Å². The number of ether oxygens (including phenoxy) is 2. The SMILES string of the molecule is COc1ccc(C2CC(c3ccccc3)=NN2C(=O)COc2ccc(NC(=O)c3ccco3)cc2)cc1. The van der Waals surface area contributed by atoms with Gasteiger partial charge < -0.3 is 19.2 Å². The first-order valence-corrected chi connectivity index (χ1v) is 11.8. The van der Waals surface area contributed by atoms with Crippen molar-refractivity contribution in [3.8, 4) is 11.5 Å². The van der Waals surface area contributed by atoms with E-state index in [2.05, 4.69) is 10.4 Å². The van der Waals surface area contributed by atoms with Crippen molar-refractivity contribution in [2.45, 2.75) is 12.5 Å². The first-order chi connectivity index (χ1) is 18.1. The fourth-order valence-corrected chi connectivity index (χ4v) is 4.08. The molecule has 0 saturated heterocycles. The number of nitrogens with zero attached hydrogens (tertiary/aromatic N) is 2. The molecule has 1 aliphatic rings. The zero-order valence-electron chi connectivity index (χ0n) is 20.2. The lowest BCUT2D eigenvalue weighted by Crippen LogP contribution is -2.31. The summed E-state index contributed by atoms with van der Waals surface area (Å²) >= 11 is 0. The molecule has 8 nitrogen and oxygen atoms in total. The Bertz CT molecular complexity index is 1380. The number of hydrazone groups is 1. The third-order valence-corrected chi connectivity index (χ3v) is 5.99. The number of hydrogen-bond donors (Lipinski definition) is 1. The maximum atomic E-state index is 13.2. The molecule has 2 heterocycles. The molecule has 0 aliphatic carbocycles. The topological polar surface area (TPSA) is 93.4 Å². The van der Waals surface area contributed by atoms with Gasteiger partial charge in [0.2, 0.25) is 0 Å². The van der Waals surface area contributed by atoms with Gasteiger partial charge in [-0.2, -0.15) is 5.10 Å². The van der Waals surface area contributed by atoms with Gasteiger partial charge >= 0.3 is 0 Å². The quantitative estimate of drug-likeness (QED) is 0.358. The van der Waals surface area contributed by atoms with Gasteiger partial charge in [0.15, 0.2) is 12.4 Å². The van der Waals surface area contributed by atoms with Crippen molar-refractivity contribution < 1.29 is 23.5 Å². The number of furan rings is 1. The second kappa shape index (κ2) is 10.8. The molecule has 0 saturated carbocycles. The second-order valence-electron chi connectivity index (χ2n) is 8.39. The summed E-state index contributed by atoms with van der Waals surface area (Å²) in [6, 6.07) is 27.2. The average molecular weight is 496 g/mol. The van der Waals surface area contributed by atoms with Crippen LogP contribution in [0.1, 0.15) is 34.1 Å². The van der Waals surface area contributed by atoms with E-state index < -0.39 is 0 Å². The fraction of sp³-hybridized carbons (Fsp3) is 0.138. The molecule has 186 valence electrons. The van der Waals surface area contributed by atoms with E-state index in [4.69, 9.17) is 13.9 Å². The van der Waals surface area contributed by atoms with Crippen molar-refractivity contribution in [1.29, 1.82) is 0 Å². The van der Waals surface area contributed by atoms with E-state index in [0.717, 1.165) is 22.6 Å². The molecule has 1 atom stereocenters. The predicted molar refractivity (Wildman–Crippen MR) is 139 cm³/mol. The summed E-state index contributed by atoms with van der Waals surface area (Å²) < 4.78 is 16.1. The summed E-state index contributed by atoms with van der Waals surface area (Å²) in [6.45, 7) is -0.184. The van der Waals surface area contributed by atoms with Crippen LogP contribution >= 0.6 is 0 Å². The summed E-state index contributed by atoms with van der Waals surface area (Å²) in [5.74, 6) is 0.854. The lowest BCUT2D eigenvalue weighted by atomic mass is 9.98. The molecule has 5 rings (SSSR count). The predicted octanol–water partition coefficient (Wildman–Crippen LogP) is 5.30. The first-order valence-electron chi connectivity index (χ1n) is 11.8. The van der Waals surface area contributed by atoms with E-state index in [-0.39, 0.29) is 30.2 Å². The standard InChI is InChI=1S/C29H25N3O5/c1-35-23-13-9-21(10-14-23)26-18-25(20-6-3-2-4-7-20)31-32(26)28(33)19-37-24-15-11-22(12-16-24)30-29(34)27-8-5-17-36-27/h2-17,26H,18-19H2,1H3,(H,30,34). The third-order valence-electron chi connectivity index (χ3n) is 5.99. The van der Waals surface area contributed by atoms with Crippen LogP contribution in [0.3, 0.4) is 0 Å². The van der Waals surface area contributed by atoms with Crippen molar-refractivity contribution in [2.75, 3.05) is 19.0 Å². The van der Waals surface area contributed by atoms with E-state index in [1.54, 1.807) is 43.5 Å². The number of carbonyl (C=O) groups excluding carboxylic acids is 2. The van der Waals surface area contributed by atoms with Crippen LogP contribution in [0.15, 0.2) is 107 Å². The van der Waals surface area contributed by atoms with Crippen molar-refractivity contribution in [1.82, 2.24) is 5.01 Å². The molecule has 4 aromatic rings. The molecule has 0 radical (unpaired) electrons. The number of benzene rings is 3. The van der Waals surface area contributed by atoms with Crippen molar-refractivity contribution >= 4 is 23.2 Å². The van der Waals surface area contributed by atoms with Gasteiger partial charge in [0.25, 0.3) is 11.8 Å². The highest BCUT2D eigenvalue weighted by atomic mass is 16.5. The van der Waals surface area contributed by atoms with Crippen LogP contribution in [0.25, 0.3) is 0 Å². The number of hydrogen-bond acceptors (Lipinski definition) is 6. The zero-order chi connectivity index (χ0) is 25.6. The second-order valence-corrected chi connectivity index (χ2v) is 8.39. The van der Waals surface area contributed by atoms with Crippen LogP contribution in [0.2, 0.25) is 0 Å². The lowest BCUT2D eigenvalue weighted by molar-refractivity contribution is -0.135. The minimum atomic E-state index is -0.348. The van der Waals surface area contributed by atoms with Gasteiger partial charge in [0.05, 0.1) is 25.1 Å². The van der Waals surface area contributed by atoms with Crippen LogP contribution < -0.4 is 14.8 Å². The normalized spacial score (nSPS) is 14.7. The van der Waals surface area contributed by atoms with Gasteiger partial charge in [0.1, 0.15) is 11.5 Å². The molecule has 3 aromatic carbocycles. The van der Waals surface area contributed by atoms with Crippen LogP contribution in [-0.4, -0.2) is 36.3 Å². The summed E-state index contributed by atoms with van der Waals surface area (Å²) in [4.78, 5) is 25.4. The summed E-state index contributed by atoms with van der Waals surface area (Å²) in [5, 5.41) is 8.92. The maximum Gasteiger partial charge on any atom is 0.291 e. The van der Waals surface area contributed by atoms with Crippen molar-refractivity contribution in [3.63, 3.8) is 0 Å². The Morgan fingerprint density at radius 3 is 2.35 bits per heavy atom. The van der Waals surface area contributed by atoms with Crippen LogP contribution in [-0.2, 0) is 4.79 Å². The zero-order valence-corrected chi connectivity index (χ0v) is 20.2. The maximum absolute atomic E-state index is 13.2. The molecular weight excluding hydrogens is 470 g/mol. The van der Waals surface area contributed by atoms with Crippen LogP contribution in [0, 0.1) is 0 Å². The highest BCUT2D eigenvalue weighted by Gasteiger charge is 2.33. The third kappa shape index (κ3) is 5.54. The lowest BCUT2D eigenvalue weighted by Gasteiger charge is -2.22. The Kier molecular flexibility index (Phi) is 6.98. The Morgan fingerprint density at radius 2 is 1.68 bits per heavy atom. The van der Waals surface area contributed by atoms with Gasteiger partial charge in [-0.05, 0) is 59.7 Å². The minimum Gasteiger partial charge on any atom is -0.497 e. The fourth-order valence-electron chi connectivity index (χ4n) is 4.08. The molecule has 37 heavy (non-hydrogen) atoms. The number of rotatable bonds is 8. The van der Waals surface area contributed by atoms with E-state index in [1.807, 2.05) is 54.6 Å². The molecule has 1 unspecified atom stereocenters. The molecule has 0 fully saturated rings. The molecular formula is C29H25N3O5. The Labute approximate surface area is 214 Å². The highest BCUT2D eigenvalue weighted by molar-refractivity contribution is 6.03. The largest absolute Gasteiger partial charge is 0.497 e. The van der Waals surface area contributed by atoms with Gasteiger partial charge in [0, 0.05) is 12.1 Å². The highest BCUT2D eigenvalue weighted by Crippen LogP contribution is 2.33. The van der Waals surface area contributed by atoms with Gasteiger partial charge in [-0.15, -0.1) is 0 Å². The van der Waals surface area contributed by atoms with E-state index in [9.17, 15) is 9.59 Å². The average Bonchev–Trinajstić information content (AvgIpc) is 3.64. The molecule has 0 bridgehead atoms. The number of amides is 2. The monoisotopic (exact) mass is 495 g/mol. The van der Waals surface area contributed by atoms with Gasteiger partial charge in [-0.3, -0.25) is 9.59 Å². The van der Waals surface area contributed by atoms with E-state index >= 15 is 0 Å². The molecule has 1 N–H and O–H groups in total. The van der Waals surface area contributed by atoms with Crippen molar-refractivity contribution in [3.05, 3.63) is 114 Å². The minimum absolute atomic E-state index is 0.184.